The Hall–Kier alpha value is -2.08. The van der Waals surface area contributed by atoms with Crippen LogP contribution in [-0.2, 0) is 13.0 Å². The van der Waals surface area contributed by atoms with Crippen LogP contribution in [0.3, 0.4) is 0 Å². The van der Waals surface area contributed by atoms with Crippen molar-refractivity contribution >= 4 is 22.5 Å². The first kappa shape index (κ1) is 12.9. The van der Waals surface area contributed by atoms with Crippen molar-refractivity contribution in [3.8, 4) is 5.88 Å². The summed E-state index contributed by atoms with van der Waals surface area (Å²) in [6, 6.07) is 3.64. The van der Waals surface area contributed by atoms with Gasteiger partial charge in [-0.2, -0.15) is 4.37 Å². The molecule has 0 saturated heterocycles. The van der Waals surface area contributed by atoms with Crippen LogP contribution in [0.4, 0.5) is 0 Å². The zero-order valence-corrected chi connectivity index (χ0v) is 12.1. The average molecular weight is 290 g/mol. The maximum absolute atomic E-state index is 12.4. The molecule has 0 saturated carbocycles. The maximum Gasteiger partial charge on any atom is 0.262 e. The van der Waals surface area contributed by atoms with Crippen molar-refractivity contribution in [2.75, 3.05) is 7.11 Å². The van der Waals surface area contributed by atoms with E-state index in [9.17, 15) is 4.79 Å². The van der Waals surface area contributed by atoms with Crippen molar-refractivity contribution in [2.24, 2.45) is 0 Å². The molecule has 3 aromatic rings. The summed E-state index contributed by atoms with van der Waals surface area (Å²) in [5, 5.41) is 2.51. The Morgan fingerprint density at radius 1 is 1.50 bits per heavy atom. The van der Waals surface area contributed by atoms with E-state index in [-0.39, 0.29) is 5.56 Å². The number of aromatic nitrogens is 2. The number of aryl methyl sites for hydroxylation is 1. The zero-order chi connectivity index (χ0) is 14.1. The monoisotopic (exact) mass is 290 g/mol. The molecule has 104 valence electrons. The van der Waals surface area contributed by atoms with Gasteiger partial charge in [-0.25, -0.2) is 0 Å². The lowest BCUT2D eigenvalue weighted by Gasteiger charge is -2.05. The van der Waals surface area contributed by atoms with Gasteiger partial charge < -0.3 is 13.7 Å². The van der Waals surface area contributed by atoms with Crippen LogP contribution in [0, 0.1) is 0 Å². The molecule has 3 heterocycles. The van der Waals surface area contributed by atoms with Gasteiger partial charge in [-0.05, 0) is 23.7 Å². The highest BCUT2D eigenvalue weighted by Crippen LogP contribution is 2.20. The molecule has 5 nitrogen and oxygen atoms in total. The highest BCUT2D eigenvalue weighted by atomic mass is 32.1. The smallest absolute Gasteiger partial charge is 0.262 e. The summed E-state index contributed by atoms with van der Waals surface area (Å²) < 4.78 is 16.5. The number of methoxy groups -OCH3 is 1. The zero-order valence-electron chi connectivity index (χ0n) is 11.3. The normalized spacial score (nSPS) is 11.1. The van der Waals surface area contributed by atoms with Gasteiger partial charge in [-0.1, -0.05) is 6.92 Å². The van der Waals surface area contributed by atoms with E-state index in [1.165, 1.54) is 11.5 Å². The van der Waals surface area contributed by atoms with Crippen LogP contribution in [0.15, 0.2) is 32.9 Å². The first-order chi connectivity index (χ1) is 9.72. The summed E-state index contributed by atoms with van der Waals surface area (Å²) in [6.45, 7) is 2.44. The summed E-state index contributed by atoms with van der Waals surface area (Å²) in [5.41, 5.74) is 1.48. The fourth-order valence-electron chi connectivity index (χ4n) is 2.13. The standard InChI is InChI=1S/C14H14N2O3S/c1-3-10-6-11-12(19-10)4-5-16(14(11)17)7-9-8-20-15-13(9)18-2/h4-6,8H,3,7H2,1-2H3. The van der Waals surface area contributed by atoms with Gasteiger partial charge in [0.15, 0.2) is 0 Å². The summed E-state index contributed by atoms with van der Waals surface area (Å²) in [6.07, 6.45) is 2.51. The van der Waals surface area contributed by atoms with Crippen LogP contribution in [0.5, 0.6) is 5.88 Å². The number of pyridine rings is 1. The van der Waals surface area contributed by atoms with E-state index in [0.29, 0.717) is 23.4 Å². The second-order valence-electron chi connectivity index (χ2n) is 4.44. The minimum absolute atomic E-state index is 0.0563. The molecule has 0 atom stereocenters. The first-order valence-corrected chi connectivity index (χ1v) is 7.15. The Labute approximate surface area is 119 Å². The van der Waals surface area contributed by atoms with Gasteiger partial charge in [0.25, 0.3) is 5.56 Å². The lowest BCUT2D eigenvalue weighted by atomic mass is 10.2. The van der Waals surface area contributed by atoms with Crippen LogP contribution in [-0.4, -0.2) is 16.1 Å². The van der Waals surface area contributed by atoms with E-state index in [1.54, 1.807) is 17.9 Å². The molecule has 0 bridgehead atoms. The summed E-state index contributed by atoms with van der Waals surface area (Å²) in [4.78, 5) is 12.4. The van der Waals surface area contributed by atoms with Crippen molar-refractivity contribution < 1.29 is 9.15 Å². The minimum atomic E-state index is -0.0563. The van der Waals surface area contributed by atoms with Gasteiger partial charge >= 0.3 is 0 Å². The second-order valence-corrected chi connectivity index (χ2v) is 5.07. The van der Waals surface area contributed by atoms with Gasteiger partial charge in [0.05, 0.1) is 19.0 Å². The molecular weight excluding hydrogens is 276 g/mol. The Balaban J connectivity index is 2.04. The van der Waals surface area contributed by atoms with E-state index in [2.05, 4.69) is 4.37 Å². The molecule has 0 aliphatic heterocycles. The molecule has 0 aliphatic carbocycles. The molecule has 3 rings (SSSR count). The second kappa shape index (κ2) is 5.13. The number of nitrogens with zero attached hydrogens (tertiary/aromatic N) is 2. The number of hydrogen-bond donors (Lipinski definition) is 0. The van der Waals surface area contributed by atoms with Crippen molar-refractivity contribution in [2.45, 2.75) is 19.9 Å². The predicted molar refractivity (Wildman–Crippen MR) is 77.6 cm³/mol. The van der Waals surface area contributed by atoms with Gasteiger partial charge in [-0.3, -0.25) is 4.79 Å². The number of ether oxygens (including phenoxy) is 1. The number of hydrogen-bond acceptors (Lipinski definition) is 5. The van der Waals surface area contributed by atoms with Crippen LogP contribution in [0.25, 0.3) is 11.0 Å². The van der Waals surface area contributed by atoms with Gasteiger partial charge in [0.1, 0.15) is 11.3 Å². The summed E-state index contributed by atoms with van der Waals surface area (Å²) in [7, 11) is 1.58. The van der Waals surface area contributed by atoms with Crippen LogP contribution in [0.2, 0.25) is 0 Å². The lowest BCUT2D eigenvalue weighted by molar-refractivity contribution is 0.396. The Kier molecular flexibility index (Phi) is 3.31. The molecule has 0 spiro atoms. The third-order valence-corrected chi connectivity index (χ3v) is 3.86. The third-order valence-electron chi connectivity index (χ3n) is 3.20. The molecule has 0 amide bonds. The Morgan fingerprint density at radius 3 is 3.10 bits per heavy atom. The van der Waals surface area contributed by atoms with Crippen molar-refractivity contribution in [3.05, 3.63) is 45.4 Å². The molecule has 20 heavy (non-hydrogen) atoms. The van der Waals surface area contributed by atoms with Crippen molar-refractivity contribution in [3.63, 3.8) is 0 Å². The average Bonchev–Trinajstić information content (AvgIpc) is 3.08. The van der Waals surface area contributed by atoms with Crippen LogP contribution >= 0.6 is 11.5 Å². The van der Waals surface area contributed by atoms with E-state index in [0.717, 1.165) is 17.7 Å². The van der Waals surface area contributed by atoms with E-state index < -0.39 is 0 Å². The lowest BCUT2D eigenvalue weighted by Crippen LogP contribution is -2.19. The maximum atomic E-state index is 12.4. The molecule has 6 heteroatoms. The van der Waals surface area contributed by atoms with Crippen molar-refractivity contribution in [1.29, 1.82) is 0 Å². The summed E-state index contributed by atoms with van der Waals surface area (Å²) >= 11 is 1.32. The predicted octanol–water partition coefficient (Wildman–Crippen LogP) is 2.67. The van der Waals surface area contributed by atoms with Crippen molar-refractivity contribution in [1.82, 2.24) is 8.94 Å². The topological polar surface area (TPSA) is 57.3 Å². The molecule has 3 aromatic heterocycles. The van der Waals surface area contributed by atoms with Gasteiger partial charge in [0, 0.05) is 23.6 Å². The third kappa shape index (κ3) is 2.12. The molecule has 0 N–H and O–H groups in total. The van der Waals surface area contributed by atoms with Crippen LogP contribution in [0.1, 0.15) is 18.2 Å². The quantitative estimate of drug-likeness (QED) is 0.741. The first-order valence-electron chi connectivity index (χ1n) is 6.32. The molecular formula is C14H14N2O3S. The SMILES string of the molecule is CCc1cc2c(=O)n(Cc3csnc3OC)ccc2o1. The molecule has 0 aromatic carbocycles. The van der Waals surface area contributed by atoms with Crippen LogP contribution < -0.4 is 10.3 Å². The van der Waals surface area contributed by atoms with Gasteiger partial charge in [0.2, 0.25) is 5.88 Å². The fraction of sp³-hybridized carbons (Fsp3) is 0.286. The molecule has 0 fully saturated rings. The van der Waals surface area contributed by atoms with Gasteiger partial charge in [-0.15, -0.1) is 0 Å². The minimum Gasteiger partial charge on any atom is -0.480 e. The highest BCUT2D eigenvalue weighted by Gasteiger charge is 2.11. The van der Waals surface area contributed by atoms with E-state index >= 15 is 0 Å². The highest BCUT2D eigenvalue weighted by molar-refractivity contribution is 7.03. The number of furan rings is 1. The summed E-state index contributed by atoms with van der Waals surface area (Å²) in [5.74, 6) is 1.40. The Bertz CT molecular complexity index is 800. The molecule has 0 aliphatic rings. The molecule has 0 radical (unpaired) electrons. The Morgan fingerprint density at radius 2 is 2.35 bits per heavy atom. The van der Waals surface area contributed by atoms with E-state index in [4.69, 9.17) is 9.15 Å². The van der Waals surface area contributed by atoms with E-state index in [1.807, 2.05) is 24.4 Å². The largest absolute Gasteiger partial charge is 0.480 e. The molecule has 0 unspecified atom stereocenters. The fourth-order valence-corrected chi connectivity index (χ4v) is 2.77. The number of rotatable bonds is 4. The number of fused-ring (bicyclic) bond motifs is 1.